The van der Waals surface area contributed by atoms with Crippen molar-refractivity contribution in [1.29, 1.82) is 0 Å². The van der Waals surface area contributed by atoms with Crippen LogP contribution in [0.3, 0.4) is 0 Å². The lowest BCUT2D eigenvalue weighted by Crippen LogP contribution is -2.23. The summed E-state index contributed by atoms with van der Waals surface area (Å²) in [5, 5.41) is 0. The largest absolute Gasteiger partial charge is 0.497 e. The van der Waals surface area contributed by atoms with Gasteiger partial charge in [0, 0.05) is 24.2 Å². The first-order chi connectivity index (χ1) is 12.3. The van der Waals surface area contributed by atoms with Crippen LogP contribution in [0.1, 0.15) is 13.8 Å². The molecule has 0 amide bonds. The summed E-state index contributed by atoms with van der Waals surface area (Å²) in [4.78, 5) is 7.30. The van der Waals surface area contributed by atoms with Gasteiger partial charge >= 0.3 is 0 Å². The third-order valence-corrected chi connectivity index (χ3v) is 4.41. The molecule has 1 aromatic heterocycles. The number of ether oxygens (including phenoxy) is 1. The molecule has 3 heteroatoms. The van der Waals surface area contributed by atoms with Crippen LogP contribution in [-0.4, -0.2) is 25.2 Å². The summed E-state index contributed by atoms with van der Waals surface area (Å²) < 4.78 is 5.28. The van der Waals surface area contributed by atoms with Gasteiger partial charge in [0.05, 0.1) is 12.8 Å². The predicted molar refractivity (Wildman–Crippen MR) is 105 cm³/mol. The highest BCUT2D eigenvalue weighted by Crippen LogP contribution is 2.33. The second-order valence-electron chi connectivity index (χ2n) is 5.83. The Hall–Kier alpha value is -2.81. The van der Waals surface area contributed by atoms with Crippen LogP contribution in [0.25, 0.3) is 22.4 Å². The highest BCUT2D eigenvalue weighted by atomic mass is 16.5. The zero-order chi connectivity index (χ0) is 17.6. The predicted octanol–water partition coefficient (Wildman–Crippen LogP) is 5.27. The van der Waals surface area contributed by atoms with Crippen LogP contribution in [-0.2, 0) is 0 Å². The second kappa shape index (κ2) is 7.84. The van der Waals surface area contributed by atoms with Crippen LogP contribution in [0, 0.1) is 0 Å². The molecule has 0 aliphatic heterocycles. The van der Waals surface area contributed by atoms with E-state index >= 15 is 0 Å². The second-order valence-corrected chi connectivity index (χ2v) is 5.83. The van der Waals surface area contributed by atoms with Gasteiger partial charge in [-0.25, -0.2) is 4.98 Å². The first-order valence-corrected chi connectivity index (χ1v) is 8.72. The maximum Gasteiger partial charge on any atom is 0.137 e. The van der Waals surface area contributed by atoms with Gasteiger partial charge in [-0.2, -0.15) is 0 Å². The van der Waals surface area contributed by atoms with E-state index in [-0.39, 0.29) is 0 Å². The molecule has 0 unspecified atom stereocenters. The molecule has 0 radical (unpaired) electrons. The highest BCUT2D eigenvalue weighted by molar-refractivity contribution is 5.79. The van der Waals surface area contributed by atoms with E-state index in [2.05, 4.69) is 55.1 Å². The third kappa shape index (κ3) is 3.66. The van der Waals surface area contributed by atoms with Gasteiger partial charge in [-0.05, 0) is 43.7 Å². The van der Waals surface area contributed by atoms with Crippen molar-refractivity contribution in [3.05, 3.63) is 66.7 Å². The minimum atomic E-state index is 0.863. The van der Waals surface area contributed by atoms with Crippen molar-refractivity contribution in [3.63, 3.8) is 0 Å². The Labute approximate surface area is 149 Å². The Kier molecular flexibility index (Phi) is 5.34. The third-order valence-electron chi connectivity index (χ3n) is 4.41. The van der Waals surface area contributed by atoms with E-state index in [4.69, 9.17) is 9.72 Å². The first-order valence-electron chi connectivity index (χ1n) is 8.72. The maximum atomic E-state index is 5.28. The van der Waals surface area contributed by atoms with E-state index in [1.54, 1.807) is 7.11 Å². The molecule has 0 saturated carbocycles. The monoisotopic (exact) mass is 332 g/mol. The Bertz CT molecular complexity index is 809. The van der Waals surface area contributed by atoms with E-state index in [0.29, 0.717) is 0 Å². The van der Waals surface area contributed by atoms with Crippen molar-refractivity contribution in [2.24, 2.45) is 0 Å². The van der Waals surface area contributed by atoms with Gasteiger partial charge in [0.1, 0.15) is 11.6 Å². The molecule has 0 N–H and O–H groups in total. The lowest BCUT2D eigenvalue weighted by atomic mass is 10.0. The van der Waals surface area contributed by atoms with Gasteiger partial charge < -0.3 is 9.64 Å². The van der Waals surface area contributed by atoms with Crippen molar-refractivity contribution >= 4 is 5.82 Å². The lowest BCUT2D eigenvalue weighted by molar-refractivity contribution is 0.415. The molecule has 3 aromatic rings. The molecule has 0 aliphatic carbocycles. The van der Waals surface area contributed by atoms with Gasteiger partial charge in [0.2, 0.25) is 0 Å². The number of aromatic nitrogens is 1. The fourth-order valence-electron chi connectivity index (χ4n) is 2.98. The van der Waals surface area contributed by atoms with Gasteiger partial charge in [-0.15, -0.1) is 0 Å². The molecule has 25 heavy (non-hydrogen) atoms. The summed E-state index contributed by atoms with van der Waals surface area (Å²) in [6.07, 6.45) is 0. The molecule has 3 nitrogen and oxygen atoms in total. The van der Waals surface area contributed by atoms with Crippen molar-refractivity contribution in [2.75, 3.05) is 25.1 Å². The Morgan fingerprint density at radius 1 is 0.800 bits per heavy atom. The number of pyridine rings is 1. The van der Waals surface area contributed by atoms with Crippen molar-refractivity contribution in [3.8, 4) is 28.1 Å². The molecule has 2 aromatic carbocycles. The number of benzene rings is 2. The van der Waals surface area contributed by atoms with Gasteiger partial charge in [0.25, 0.3) is 0 Å². The zero-order valence-corrected chi connectivity index (χ0v) is 15.1. The van der Waals surface area contributed by atoms with Crippen molar-refractivity contribution < 1.29 is 4.74 Å². The molecule has 0 aliphatic rings. The van der Waals surface area contributed by atoms with E-state index < -0.39 is 0 Å². The molecule has 128 valence electrons. The molecule has 3 rings (SSSR count). The van der Waals surface area contributed by atoms with E-state index in [1.807, 2.05) is 30.3 Å². The molecular formula is C22H24N2O. The fourth-order valence-corrected chi connectivity index (χ4v) is 2.98. The smallest absolute Gasteiger partial charge is 0.137 e. The molecule has 0 spiro atoms. The number of methoxy groups -OCH3 is 1. The minimum absolute atomic E-state index is 0.863. The average molecular weight is 332 g/mol. The van der Waals surface area contributed by atoms with Crippen LogP contribution in [0.5, 0.6) is 5.75 Å². The fraction of sp³-hybridized carbons (Fsp3) is 0.227. The number of rotatable bonds is 6. The Morgan fingerprint density at radius 3 is 2.08 bits per heavy atom. The van der Waals surface area contributed by atoms with Crippen LogP contribution >= 0.6 is 0 Å². The quantitative estimate of drug-likeness (QED) is 0.615. The molecule has 0 atom stereocenters. The van der Waals surface area contributed by atoms with Gasteiger partial charge in [-0.1, -0.05) is 42.5 Å². The van der Waals surface area contributed by atoms with E-state index in [0.717, 1.165) is 47.0 Å². The minimum Gasteiger partial charge on any atom is -0.497 e. The highest BCUT2D eigenvalue weighted by Gasteiger charge is 2.14. The standard InChI is InChI=1S/C22H24N2O/c1-4-24(5-2)22-20(17-11-13-19(25-3)14-12-17)15-16-21(23-22)18-9-7-6-8-10-18/h6-16H,4-5H2,1-3H3. The Morgan fingerprint density at radius 2 is 1.48 bits per heavy atom. The van der Waals surface area contributed by atoms with Crippen LogP contribution in [0.4, 0.5) is 5.82 Å². The summed E-state index contributed by atoms with van der Waals surface area (Å²) in [6.45, 7) is 6.17. The Balaban J connectivity index is 2.10. The summed E-state index contributed by atoms with van der Waals surface area (Å²) >= 11 is 0. The first kappa shape index (κ1) is 17.0. The number of hydrogen-bond donors (Lipinski definition) is 0. The van der Waals surface area contributed by atoms with Crippen molar-refractivity contribution in [1.82, 2.24) is 4.98 Å². The number of hydrogen-bond acceptors (Lipinski definition) is 3. The molecule has 0 saturated heterocycles. The van der Waals surface area contributed by atoms with E-state index in [9.17, 15) is 0 Å². The summed E-state index contributed by atoms with van der Waals surface area (Å²) in [5.74, 6) is 1.89. The molecule has 0 bridgehead atoms. The lowest BCUT2D eigenvalue weighted by Gasteiger charge is -2.24. The molecule has 0 fully saturated rings. The zero-order valence-electron chi connectivity index (χ0n) is 15.1. The SMILES string of the molecule is CCN(CC)c1nc(-c2ccccc2)ccc1-c1ccc(OC)cc1. The van der Waals surface area contributed by atoms with Crippen molar-refractivity contribution in [2.45, 2.75) is 13.8 Å². The number of nitrogens with zero attached hydrogens (tertiary/aromatic N) is 2. The topological polar surface area (TPSA) is 25.4 Å². The summed E-state index contributed by atoms with van der Waals surface area (Å²) in [7, 11) is 1.69. The van der Waals surface area contributed by atoms with Gasteiger partial charge in [0.15, 0.2) is 0 Å². The van der Waals surface area contributed by atoms with Crippen LogP contribution in [0.15, 0.2) is 66.7 Å². The molecule has 1 heterocycles. The average Bonchev–Trinajstić information content (AvgIpc) is 2.70. The normalized spacial score (nSPS) is 10.5. The number of anilines is 1. The van der Waals surface area contributed by atoms with Crippen LogP contribution in [0.2, 0.25) is 0 Å². The summed E-state index contributed by atoms with van der Waals surface area (Å²) in [5.41, 5.74) is 4.43. The van der Waals surface area contributed by atoms with Crippen LogP contribution < -0.4 is 9.64 Å². The van der Waals surface area contributed by atoms with E-state index in [1.165, 1.54) is 0 Å². The van der Waals surface area contributed by atoms with Gasteiger partial charge in [-0.3, -0.25) is 0 Å². The maximum absolute atomic E-state index is 5.28. The molecular weight excluding hydrogens is 308 g/mol. The summed E-state index contributed by atoms with van der Waals surface area (Å²) in [6, 6.07) is 22.8.